The van der Waals surface area contributed by atoms with Gasteiger partial charge in [0, 0.05) is 44.1 Å². The maximum absolute atomic E-state index is 10.5. The lowest BCUT2D eigenvalue weighted by molar-refractivity contribution is -0.104. The molecule has 0 saturated heterocycles. The molecule has 0 amide bonds. The van der Waals surface area contributed by atoms with Gasteiger partial charge in [-0.15, -0.1) is 23.2 Å². The van der Waals surface area contributed by atoms with Crippen LogP contribution in [0.5, 0.6) is 0 Å². The number of anilines is 2. The molecular formula is C23H28Cl2N4O. The van der Waals surface area contributed by atoms with Crippen LogP contribution in [0.25, 0.3) is 11.0 Å². The van der Waals surface area contributed by atoms with E-state index in [4.69, 9.17) is 28.2 Å². The first-order chi connectivity index (χ1) is 14.6. The highest BCUT2D eigenvalue weighted by molar-refractivity contribution is 6.18. The normalized spacial score (nSPS) is 16.6. The number of benzene rings is 1. The number of hydrogen-bond donors (Lipinski definition) is 1. The minimum absolute atomic E-state index is 0.412. The first kappa shape index (κ1) is 22.4. The third-order valence-corrected chi connectivity index (χ3v) is 5.80. The smallest absolute Gasteiger partial charge is 0.203 e. The van der Waals surface area contributed by atoms with Gasteiger partial charge >= 0.3 is 0 Å². The van der Waals surface area contributed by atoms with Gasteiger partial charge in [-0.1, -0.05) is 25.2 Å². The molecule has 0 spiro atoms. The van der Waals surface area contributed by atoms with E-state index >= 15 is 0 Å². The highest BCUT2D eigenvalue weighted by Gasteiger charge is 2.16. The molecule has 1 atom stereocenters. The molecule has 2 aromatic rings. The van der Waals surface area contributed by atoms with Crippen LogP contribution in [-0.2, 0) is 11.8 Å². The Kier molecular flexibility index (Phi) is 8.00. The number of rotatable bonds is 10. The number of fused-ring (bicyclic) bond motifs is 1. The second kappa shape index (κ2) is 10.7. The molecule has 0 aliphatic heterocycles. The molecule has 1 unspecified atom stereocenters. The zero-order valence-corrected chi connectivity index (χ0v) is 19.0. The summed E-state index contributed by atoms with van der Waals surface area (Å²) in [5.74, 6) is 2.36. The lowest BCUT2D eigenvalue weighted by atomic mass is 9.88. The van der Waals surface area contributed by atoms with Crippen molar-refractivity contribution in [2.45, 2.75) is 13.3 Å². The molecule has 1 aliphatic rings. The summed E-state index contributed by atoms with van der Waals surface area (Å²) in [5.41, 5.74) is 5.59. The van der Waals surface area contributed by atoms with Gasteiger partial charge in [0.15, 0.2) is 0 Å². The molecule has 0 radical (unpaired) electrons. The Bertz CT molecular complexity index is 971. The minimum atomic E-state index is 0.412. The largest absolute Gasteiger partial charge is 0.369 e. The molecule has 0 bridgehead atoms. The molecule has 160 valence electrons. The molecule has 3 rings (SSSR count). The van der Waals surface area contributed by atoms with E-state index in [2.05, 4.69) is 52.1 Å². The number of aldehydes is 1. The molecule has 0 fully saturated rings. The van der Waals surface area contributed by atoms with Crippen molar-refractivity contribution in [2.24, 2.45) is 13.0 Å². The van der Waals surface area contributed by atoms with Gasteiger partial charge in [0.25, 0.3) is 0 Å². The van der Waals surface area contributed by atoms with E-state index in [1.807, 2.05) is 13.1 Å². The van der Waals surface area contributed by atoms with Crippen molar-refractivity contribution in [3.63, 3.8) is 0 Å². The van der Waals surface area contributed by atoms with Gasteiger partial charge in [0.05, 0.1) is 11.0 Å². The zero-order chi connectivity index (χ0) is 21.5. The number of allylic oxidation sites excluding steroid dienone is 5. The average Bonchev–Trinajstić information content (AvgIpc) is 3.06. The fraction of sp³-hybridized carbons (Fsp3) is 0.391. The van der Waals surface area contributed by atoms with Gasteiger partial charge in [-0.05, 0) is 47.8 Å². The second-order valence-corrected chi connectivity index (χ2v) is 8.23. The SMILES string of the molecule is CC1CC(C=CC=O)=CC=C1CNc1nc2cc(N(CCCl)CCCl)ccc2n1C. The van der Waals surface area contributed by atoms with Gasteiger partial charge in [0.2, 0.25) is 5.95 Å². The predicted octanol–water partition coefficient (Wildman–Crippen LogP) is 4.92. The molecule has 5 nitrogen and oxygen atoms in total. The van der Waals surface area contributed by atoms with Crippen LogP contribution in [0.3, 0.4) is 0 Å². The Hall–Kier alpha value is -2.24. The van der Waals surface area contributed by atoms with Gasteiger partial charge in [-0.3, -0.25) is 4.79 Å². The average molecular weight is 447 g/mol. The standard InChI is InChI=1S/C23H28Cl2N4O/c1-17-14-18(4-3-13-30)5-6-19(17)16-26-23-27-21-15-20(7-8-22(21)28(23)2)29(11-9-24)12-10-25/h3-8,13,15,17H,9-12,14,16H2,1-2H3,(H,26,27). The fourth-order valence-electron chi connectivity index (χ4n) is 3.75. The van der Waals surface area contributed by atoms with E-state index in [0.29, 0.717) is 17.7 Å². The lowest BCUT2D eigenvalue weighted by Crippen LogP contribution is -2.27. The Morgan fingerprint density at radius 2 is 2.03 bits per heavy atom. The van der Waals surface area contributed by atoms with E-state index in [1.165, 1.54) is 11.1 Å². The number of aryl methyl sites for hydroxylation is 1. The molecule has 1 aromatic carbocycles. The topological polar surface area (TPSA) is 50.2 Å². The molecule has 1 heterocycles. The van der Waals surface area contributed by atoms with Crippen molar-refractivity contribution in [1.82, 2.24) is 9.55 Å². The van der Waals surface area contributed by atoms with E-state index in [9.17, 15) is 4.79 Å². The maximum atomic E-state index is 10.5. The minimum Gasteiger partial charge on any atom is -0.369 e. The molecule has 30 heavy (non-hydrogen) atoms. The number of imidazole rings is 1. The summed E-state index contributed by atoms with van der Waals surface area (Å²) in [7, 11) is 2.02. The van der Waals surface area contributed by atoms with Crippen molar-refractivity contribution in [2.75, 3.05) is 41.6 Å². The van der Waals surface area contributed by atoms with Crippen LogP contribution in [0, 0.1) is 5.92 Å². The number of alkyl halides is 2. The third-order valence-electron chi connectivity index (χ3n) is 5.46. The van der Waals surface area contributed by atoms with Gasteiger partial charge in [-0.25, -0.2) is 4.98 Å². The van der Waals surface area contributed by atoms with Crippen LogP contribution in [0.15, 0.2) is 53.6 Å². The predicted molar refractivity (Wildman–Crippen MR) is 128 cm³/mol. The Balaban J connectivity index is 1.76. The Morgan fingerprint density at radius 3 is 2.70 bits per heavy atom. The summed E-state index contributed by atoms with van der Waals surface area (Å²) in [6.45, 7) is 4.44. The van der Waals surface area contributed by atoms with Crippen LogP contribution < -0.4 is 10.2 Å². The first-order valence-corrected chi connectivity index (χ1v) is 11.2. The number of halogens is 2. The number of aromatic nitrogens is 2. The fourth-order valence-corrected chi connectivity index (χ4v) is 4.16. The summed E-state index contributed by atoms with van der Waals surface area (Å²) in [4.78, 5) is 17.5. The van der Waals surface area contributed by atoms with Crippen LogP contribution in [0.4, 0.5) is 11.6 Å². The summed E-state index contributed by atoms with van der Waals surface area (Å²) < 4.78 is 2.08. The molecular weight excluding hydrogens is 419 g/mol. The Morgan fingerprint density at radius 1 is 1.27 bits per heavy atom. The van der Waals surface area contributed by atoms with Gasteiger partial charge in [-0.2, -0.15) is 0 Å². The Labute approximate surface area is 188 Å². The third kappa shape index (κ3) is 5.27. The maximum Gasteiger partial charge on any atom is 0.203 e. The monoisotopic (exact) mass is 446 g/mol. The highest BCUT2D eigenvalue weighted by atomic mass is 35.5. The van der Waals surface area contributed by atoms with E-state index in [-0.39, 0.29) is 0 Å². The van der Waals surface area contributed by atoms with Crippen LogP contribution in [0.1, 0.15) is 13.3 Å². The number of hydrogen-bond acceptors (Lipinski definition) is 4. The quantitative estimate of drug-likeness (QED) is 0.319. The van der Waals surface area contributed by atoms with Crippen LogP contribution >= 0.6 is 23.2 Å². The second-order valence-electron chi connectivity index (χ2n) is 7.47. The number of nitrogens with one attached hydrogen (secondary N) is 1. The van der Waals surface area contributed by atoms with E-state index in [0.717, 1.165) is 55.0 Å². The van der Waals surface area contributed by atoms with Crippen molar-refractivity contribution in [3.05, 3.63) is 53.6 Å². The lowest BCUT2D eigenvalue weighted by Gasteiger charge is -2.22. The molecule has 1 aromatic heterocycles. The van der Waals surface area contributed by atoms with E-state index in [1.54, 1.807) is 6.08 Å². The number of carbonyl (C=O) groups is 1. The molecule has 0 saturated carbocycles. The van der Waals surface area contributed by atoms with Crippen molar-refractivity contribution >= 4 is 52.2 Å². The molecule has 7 heteroatoms. The summed E-state index contributed by atoms with van der Waals surface area (Å²) in [5, 5.41) is 3.48. The van der Waals surface area contributed by atoms with Crippen molar-refractivity contribution in [1.29, 1.82) is 0 Å². The van der Waals surface area contributed by atoms with Crippen LogP contribution in [0.2, 0.25) is 0 Å². The van der Waals surface area contributed by atoms with Gasteiger partial charge in [0.1, 0.15) is 6.29 Å². The van der Waals surface area contributed by atoms with Gasteiger partial charge < -0.3 is 14.8 Å². The van der Waals surface area contributed by atoms with E-state index < -0.39 is 0 Å². The highest BCUT2D eigenvalue weighted by Crippen LogP contribution is 2.27. The first-order valence-electron chi connectivity index (χ1n) is 10.2. The molecule has 1 N–H and O–H groups in total. The molecule has 1 aliphatic carbocycles. The summed E-state index contributed by atoms with van der Waals surface area (Å²) >= 11 is 11.9. The summed E-state index contributed by atoms with van der Waals surface area (Å²) in [6.07, 6.45) is 9.40. The van der Waals surface area contributed by atoms with Crippen molar-refractivity contribution in [3.8, 4) is 0 Å². The number of carbonyl (C=O) groups excluding carboxylic acids is 1. The summed E-state index contributed by atoms with van der Waals surface area (Å²) in [6, 6.07) is 6.28. The van der Waals surface area contributed by atoms with Crippen molar-refractivity contribution < 1.29 is 4.79 Å². The zero-order valence-electron chi connectivity index (χ0n) is 17.4. The van der Waals surface area contributed by atoms with Crippen LogP contribution in [-0.4, -0.2) is 47.2 Å². The number of nitrogens with zero attached hydrogens (tertiary/aromatic N) is 3.